The van der Waals surface area contributed by atoms with Crippen LogP contribution in [0.2, 0.25) is 0 Å². The fourth-order valence-corrected chi connectivity index (χ4v) is 8.76. The first kappa shape index (κ1) is 22.5. The number of hydrogen-bond acceptors (Lipinski definition) is 5. The number of hydrazine groups is 1. The van der Waals surface area contributed by atoms with E-state index in [2.05, 4.69) is 26.2 Å². The van der Waals surface area contributed by atoms with E-state index in [1.807, 2.05) is 0 Å². The van der Waals surface area contributed by atoms with E-state index in [0.29, 0.717) is 36.0 Å². The normalized spacial score (nSPS) is 51.4. The third-order valence-electron chi connectivity index (χ3n) is 10.5. The van der Waals surface area contributed by atoms with Crippen LogP contribution < -0.4 is 11.3 Å². The van der Waals surface area contributed by atoms with Crippen molar-refractivity contribution in [3.8, 4) is 0 Å². The second kappa shape index (κ2) is 8.02. The fraction of sp³-hybridized carbons (Fsp3) is 0.958. The van der Waals surface area contributed by atoms with Crippen LogP contribution >= 0.6 is 0 Å². The maximum Gasteiger partial charge on any atom is 0.233 e. The van der Waals surface area contributed by atoms with Crippen LogP contribution in [0.25, 0.3) is 0 Å². The van der Waals surface area contributed by atoms with Gasteiger partial charge in [0, 0.05) is 6.42 Å². The highest BCUT2D eigenvalue weighted by molar-refractivity contribution is 5.75. The van der Waals surface area contributed by atoms with E-state index in [1.54, 1.807) is 0 Å². The first-order chi connectivity index (χ1) is 14.1. The highest BCUT2D eigenvalue weighted by Gasteiger charge is 2.65. The lowest BCUT2D eigenvalue weighted by Gasteiger charge is -2.63. The second-order valence-corrected chi connectivity index (χ2v) is 11.6. The molecule has 4 fully saturated rings. The van der Waals surface area contributed by atoms with Gasteiger partial charge in [0.15, 0.2) is 0 Å². The number of carbonyl (C=O) groups is 1. The van der Waals surface area contributed by atoms with Crippen LogP contribution in [-0.2, 0) is 4.79 Å². The molecule has 4 aliphatic carbocycles. The van der Waals surface area contributed by atoms with E-state index in [1.165, 1.54) is 0 Å². The molecule has 0 radical (unpaired) electrons. The third-order valence-corrected chi connectivity index (χ3v) is 10.5. The number of nitrogens with two attached hydrogens (primary N) is 1. The molecular formula is C24H42N2O4. The van der Waals surface area contributed by atoms with E-state index >= 15 is 0 Å². The maximum atomic E-state index is 11.6. The number of fused-ring (bicyclic) bond motifs is 5. The topological polar surface area (TPSA) is 116 Å². The van der Waals surface area contributed by atoms with Crippen LogP contribution in [0, 0.1) is 46.3 Å². The number of amides is 1. The lowest BCUT2D eigenvalue weighted by molar-refractivity contribution is -0.207. The Labute approximate surface area is 181 Å². The molecule has 172 valence electrons. The molecule has 0 aliphatic heterocycles. The smallest absolute Gasteiger partial charge is 0.233 e. The van der Waals surface area contributed by atoms with Gasteiger partial charge in [0.1, 0.15) is 0 Å². The third kappa shape index (κ3) is 3.33. The van der Waals surface area contributed by atoms with Crippen molar-refractivity contribution in [1.82, 2.24) is 5.43 Å². The van der Waals surface area contributed by atoms with Gasteiger partial charge < -0.3 is 15.3 Å². The van der Waals surface area contributed by atoms with E-state index in [4.69, 9.17) is 5.84 Å². The predicted octanol–water partition coefficient (Wildman–Crippen LogP) is 2.35. The van der Waals surface area contributed by atoms with Gasteiger partial charge in [-0.1, -0.05) is 20.8 Å². The average Bonchev–Trinajstić information content (AvgIpc) is 3.06. The Morgan fingerprint density at radius 3 is 2.53 bits per heavy atom. The molecule has 6 N–H and O–H groups in total. The molecule has 6 heteroatoms. The first-order valence-electron chi connectivity index (χ1n) is 12.2. The van der Waals surface area contributed by atoms with Crippen molar-refractivity contribution in [3.63, 3.8) is 0 Å². The van der Waals surface area contributed by atoms with Gasteiger partial charge in [-0.3, -0.25) is 10.2 Å². The number of aliphatic hydroxyl groups excluding tert-OH is 3. The van der Waals surface area contributed by atoms with Gasteiger partial charge >= 0.3 is 0 Å². The monoisotopic (exact) mass is 422 g/mol. The lowest BCUT2D eigenvalue weighted by atomic mass is 9.43. The van der Waals surface area contributed by atoms with Gasteiger partial charge in [-0.2, -0.15) is 0 Å². The van der Waals surface area contributed by atoms with Crippen molar-refractivity contribution >= 4 is 5.91 Å². The van der Waals surface area contributed by atoms with E-state index < -0.39 is 0 Å². The van der Waals surface area contributed by atoms with Crippen molar-refractivity contribution in [2.45, 2.75) is 96.9 Å². The number of hydrogen-bond donors (Lipinski definition) is 5. The largest absolute Gasteiger partial charge is 0.393 e. The van der Waals surface area contributed by atoms with E-state index in [-0.39, 0.29) is 41.0 Å². The first-order valence-corrected chi connectivity index (χ1v) is 12.2. The minimum absolute atomic E-state index is 0.106. The Morgan fingerprint density at radius 2 is 1.83 bits per heavy atom. The Kier molecular flexibility index (Phi) is 6.02. The molecule has 30 heavy (non-hydrogen) atoms. The predicted molar refractivity (Wildman–Crippen MR) is 115 cm³/mol. The Balaban J connectivity index is 1.58. The molecule has 0 spiro atoms. The van der Waals surface area contributed by atoms with Crippen molar-refractivity contribution in [2.75, 3.05) is 0 Å². The van der Waals surface area contributed by atoms with Crippen molar-refractivity contribution in [2.24, 2.45) is 52.2 Å². The van der Waals surface area contributed by atoms with Crippen LogP contribution in [0.5, 0.6) is 0 Å². The summed E-state index contributed by atoms with van der Waals surface area (Å²) in [7, 11) is 0. The quantitative estimate of drug-likeness (QED) is 0.271. The molecule has 0 bridgehead atoms. The summed E-state index contributed by atoms with van der Waals surface area (Å²) in [5, 5.41) is 33.1. The number of carbonyl (C=O) groups excluding carboxylic acids is 1. The van der Waals surface area contributed by atoms with Gasteiger partial charge in [-0.15, -0.1) is 0 Å². The molecule has 0 unspecified atom stereocenters. The molecule has 4 rings (SSSR count). The summed E-state index contributed by atoms with van der Waals surface area (Å²) in [4.78, 5) is 11.6. The summed E-state index contributed by atoms with van der Waals surface area (Å²) in [5.41, 5.74) is 2.12. The minimum atomic E-state index is -0.378. The zero-order valence-corrected chi connectivity index (χ0v) is 18.9. The van der Waals surface area contributed by atoms with E-state index in [9.17, 15) is 20.1 Å². The number of aliphatic hydroxyl groups is 3. The van der Waals surface area contributed by atoms with Crippen LogP contribution in [0.4, 0.5) is 0 Å². The van der Waals surface area contributed by atoms with Crippen molar-refractivity contribution in [1.29, 1.82) is 0 Å². The Bertz CT molecular complexity index is 659. The van der Waals surface area contributed by atoms with Gasteiger partial charge in [-0.05, 0) is 97.7 Å². The van der Waals surface area contributed by atoms with Crippen LogP contribution in [-0.4, -0.2) is 39.5 Å². The zero-order valence-electron chi connectivity index (χ0n) is 18.9. The van der Waals surface area contributed by atoms with Crippen LogP contribution in [0.3, 0.4) is 0 Å². The summed E-state index contributed by atoms with van der Waals surface area (Å²) < 4.78 is 0. The summed E-state index contributed by atoms with van der Waals surface area (Å²) in [5.74, 6) is 7.03. The molecule has 4 saturated carbocycles. The van der Waals surface area contributed by atoms with Gasteiger partial charge in [0.25, 0.3) is 0 Å². The van der Waals surface area contributed by atoms with Gasteiger partial charge in [0.2, 0.25) is 5.91 Å². The Morgan fingerprint density at radius 1 is 1.10 bits per heavy atom. The van der Waals surface area contributed by atoms with Gasteiger partial charge in [0.05, 0.1) is 18.3 Å². The summed E-state index contributed by atoms with van der Waals surface area (Å²) in [6.45, 7) is 6.82. The second-order valence-electron chi connectivity index (χ2n) is 11.6. The SMILES string of the molecule is C[C@H](CCC(=O)NN)[C@@H]1CC[C@@H]2[C@@H]3[C@H](O)C[C@@H]4C[C@H](O)CC[C@]4(C)[C@H]3C[C@H](O)[C@@]21C. The summed E-state index contributed by atoms with van der Waals surface area (Å²) in [6, 6.07) is 0. The van der Waals surface area contributed by atoms with Crippen LogP contribution in [0.15, 0.2) is 0 Å². The van der Waals surface area contributed by atoms with Crippen molar-refractivity contribution in [3.05, 3.63) is 0 Å². The molecule has 0 saturated heterocycles. The maximum absolute atomic E-state index is 11.6. The summed E-state index contributed by atoms with van der Waals surface area (Å²) in [6.07, 6.45) is 6.50. The molecule has 11 atom stereocenters. The molecular weight excluding hydrogens is 380 g/mol. The average molecular weight is 423 g/mol. The lowest BCUT2D eigenvalue weighted by Crippen LogP contribution is -2.62. The molecule has 1 amide bonds. The van der Waals surface area contributed by atoms with Crippen molar-refractivity contribution < 1.29 is 20.1 Å². The molecule has 0 aromatic heterocycles. The molecule has 0 aromatic rings. The number of rotatable bonds is 4. The highest BCUT2D eigenvalue weighted by atomic mass is 16.3. The van der Waals surface area contributed by atoms with E-state index in [0.717, 1.165) is 51.4 Å². The van der Waals surface area contributed by atoms with Crippen LogP contribution in [0.1, 0.15) is 78.6 Å². The standard InChI is InChI=1S/C24H42N2O4/c1-13(4-7-21(30)26-25)16-5-6-17-22-18(12-20(29)24(16,17)3)23(2)9-8-15(27)10-14(23)11-19(22)28/h13-20,22,27-29H,4-12,25H2,1-3H3,(H,26,30)/t13-,14+,15-,16+,17-,18+,19-,20+,22+,23+,24-/m1/s1. The summed E-state index contributed by atoms with van der Waals surface area (Å²) >= 11 is 0. The molecule has 6 nitrogen and oxygen atoms in total. The zero-order chi connectivity index (χ0) is 21.8. The number of nitrogens with one attached hydrogen (secondary N) is 1. The molecule has 4 aliphatic rings. The minimum Gasteiger partial charge on any atom is -0.393 e. The highest BCUT2D eigenvalue weighted by Crippen LogP contribution is 2.68. The molecule has 0 heterocycles. The fourth-order valence-electron chi connectivity index (χ4n) is 8.76. The van der Waals surface area contributed by atoms with Gasteiger partial charge in [-0.25, -0.2) is 5.84 Å². The Hall–Kier alpha value is -0.690. The molecule has 0 aromatic carbocycles.